The molecule has 2 aromatic rings. The fraction of sp³-hybridized carbons (Fsp3) is 0.350. The number of carbonyl (C=O) groups excluding carboxylic acids is 1. The number of hydrogen-bond donors (Lipinski definition) is 1. The zero-order valence-corrected chi connectivity index (χ0v) is 14.9. The van der Waals surface area contributed by atoms with Crippen LogP contribution in [0, 0.1) is 0 Å². The fourth-order valence-corrected chi connectivity index (χ4v) is 3.16. The van der Waals surface area contributed by atoms with E-state index in [2.05, 4.69) is 12.2 Å². The molecule has 1 aliphatic rings. The Hall–Kier alpha value is -2.69. The van der Waals surface area contributed by atoms with Gasteiger partial charge in [0.25, 0.3) is 5.91 Å². The first-order valence-corrected chi connectivity index (χ1v) is 8.66. The minimum Gasteiger partial charge on any atom is -0.493 e. The molecule has 5 heteroatoms. The van der Waals surface area contributed by atoms with Crippen molar-refractivity contribution < 1.29 is 14.3 Å². The van der Waals surface area contributed by atoms with Crippen molar-refractivity contribution in [2.45, 2.75) is 26.4 Å². The molecule has 25 heavy (non-hydrogen) atoms. The largest absolute Gasteiger partial charge is 0.493 e. The Morgan fingerprint density at radius 1 is 1.12 bits per heavy atom. The second-order valence-electron chi connectivity index (χ2n) is 5.93. The van der Waals surface area contributed by atoms with Crippen molar-refractivity contribution in [3.05, 3.63) is 53.6 Å². The zero-order chi connectivity index (χ0) is 17.8. The van der Waals surface area contributed by atoms with Crippen LogP contribution < -0.4 is 14.8 Å². The van der Waals surface area contributed by atoms with Crippen LogP contribution in [0.3, 0.4) is 0 Å². The highest BCUT2D eigenvalue weighted by Crippen LogP contribution is 2.36. The third-order valence-electron chi connectivity index (χ3n) is 4.29. The van der Waals surface area contributed by atoms with E-state index in [9.17, 15) is 4.79 Å². The predicted octanol–water partition coefficient (Wildman–Crippen LogP) is 4.07. The lowest BCUT2D eigenvalue weighted by molar-refractivity contribution is 0.0683. The standard InChI is InChI=1S/C20H24N2O3/c1-4-12-22-19(21-16-9-7-6-8-15(16)20(22)23)14-10-11-17(24-3)18(13-14)25-5-2/h6-11,13,19,21H,4-5,12H2,1-3H3/t19-/m0/s1. The minimum atomic E-state index is -0.229. The third kappa shape index (κ3) is 3.27. The average Bonchev–Trinajstić information content (AvgIpc) is 2.64. The molecule has 1 N–H and O–H groups in total. The number of rotatable bonds is 6. The first-order valence-electron chi connectivity index (χ1n) is 8.66. The summed E-state index contributed by atoms with van der Waals surface area (Å²) in [4.78, 5) is 14.8. The van der Waals surface area contributed by atoms with Gasteiger partial charge in [0.05, 0.1) is 19.3 Å². The molecule has 0 saturated heterocycles. The van der Waals surface area contributed by atoms with Crippen LogP contribution >= 0.6 is 0 Å². The Morgan fingerprint density at radius 3 is 2.64 bits per heavy atom. The molecule has 0 bridgehead atoms. The summed E-state index contributed by atoms with van der Waals surface area (Å²) in [6.07, 6.45) is 0.660. The second-order valence-corrected chi connectivity index (χ2v) is 5.93. The summed E-state index contributed by atoms with van der Waals surface area (Å²) in [5.74, 6) is 1.43. The summed E-state index contributed by atoms with van der Waals surface area (Å²) in [6.45, 7) is 5.25. The number of methoxy groups -OCH3 is 1. The number of para-hydroxylation sites is 1. The van der Waals surface area contributed by atoms with E-state index in [-0.39, 0.29) is 12.1 Å². The van der Waals surface area contributed by atoms with Gasteiger partial charge in [0.15, 0.2) is 11.5 Å². The van der Waals surface area contributed by atoms with Crippen molar-refractivity contribution in [1.29, 1.82) is 0 Å². The first kappa shape index (κ1) is 17.1. The normalized spacial score (nSPS) is 16.2. The van der Waals surface area contributed by atoms with Crippen LogP contribution in [0.25, 0.3) is 0 Å². The number of ether oxygens (including phenoxy) is 2. The maximum atomic E-state index is 13.0. The van der Waals surface area contributed by atoms with Crippen molar-refractivity contribution in [1.82, 2.24) is 4.90 Å². The first-order chi connectivity index (χ1) is 12.2. The summed E-state index contributed by atoms with van der Waals surface area (Å²) >= 11 is 0. The summed E-state index contributed by atoms with van der Waals surface area (Å²) in [5.41, 5.74) is 2.55. The topological polar surface area (TPSA) is 50.8 Å². The van der Waals surface area contributed by atoms with Gasteiger partial charge in [-0.15, -0.1) is 0 Å². The number of nitrogens with zero attached hydrogens (tertiary/aromatic N) is 1. The van der Waals surface area contributed by atoms with E-state index in [0.717, 1.165) is 17.7 Å². The van der Waals surface area contributed by atoms with Crippen molar-refractivity contribution in [3.63, 3.8) is 0 Å². The highest BCUT2D eigenvalue weighted by Gasteiger charge is 2.32. The fourth-order valence-electron chi connectivity index (χ4n) is 3.16. The number of carbonyl (C=O) groups is 1. The number of benzene rings is 2. The molecule has 3 rings (SSSR count). The second kappa shape index (κ2) is 7.47. The van der Waals surface area contributed by atoms with Gasteiger partial charge in [-0.1, -0.05) is 25.1 Å². The highest BCUT2D eigenvalue weighted by atomic mass is 16.5. The Morgan fingerprint density at radius 2 is 1.92 bits per heavy atom. The molecular weight excluding hydrogens is 316 g/mol. The van der Waals surface area contributed by atoms with Gasteiger partial charge >= 0.3 is 0 Å². The molecule has 0 radical (unpaired) electrons. The Kier molecular flexibility index (Phi) is 5.12. The molecule has 0 saturated carbocycles. The van der Waals surface area contributed by atoms with E-state index < -0.39 is 0 Å². The van der Waals surface area contributed by atoms with E-state index in [0.29, 0.717) is 30.2 Å². The van der Waals surface area contributed by atoms with Gasteiger partial charge < -0.3 is 19.7 Å². The van der Waals surface area contributed by atoms with Gasteiger partial charge in [0.2, 0.25) is 0 Å². The third-order valence-corrected chi connectivity index (χ3v) is 4.29. The number of anilines is 1. The van der Waals surface area contributed by atoms with Crippen LogP contribution in [0.2, 0.25) is 0 Å². The number of nitrogens with one attached hydrogen (secondary N) is 1. The van der Waals surface area contributed by atoms with Crippen LogP contribution in [-0.4, -0.2) is 31.1 Å². The molecule has 0 spiro atoms. The number of fused-ring (bicyclic) bond motifs is 1. The molecular formula is C20H24N2O3. The van der Waals surface area contributed by atoms with Crippen molar-refractivity contribution in [2.75, 3.05) is 25.6 Å². The summed E-state index contributed by atoms with van der Waals surface area (Å²) < 4.78 is 11.1. The zero-order valence-electron chi connectivity index (χ0n) is 14.9. The van der Waals surface area contributed by atoms with Gasteiger partial charge in [0, 0.05) is 12.2 Å². The lowest BCUT2D eigenvalue weighted by Gasteiger charge is -2.38. The number of amides is 1. The molecule has 132 valence electrons. The SMILES string of the molecule is CCCN1C(=O)c2ccccc2N[C@@H]1c1ccc(OC)c(OCC)c1. The smallest absolute Gasteiger partial charge is 0.257 e. The van der Waals surface area contributed by atoms with E-state index >= 15 is 0 Å². The Labute approximate surface area is 148 Å². The molecule has 0 aromatic heterocycles. The van der Waals surface area contributed by atoms with Crippen molar-refractivity contribution in [3.8, 4) is 11.5 Å². The van der Waals surface area contributed by atoms with Crippen LogP contribution in [0.1, 0.15) is 42.4 Å². The van der Waals surface area contributed by atoms with Crippen molar-refractivity contribution >= 4 is 11.6 Å². The maximum Gasteiger partial charge on any atom is 0.257 e. The maximum absolute atomic E-state index is 13.0. The van der Waals surface area contributed by atoms with E-state index in [1.54, 1.807) is 7.11 Å². The average molecular weight is 340 g/mol. The lowest BCUT2D eigenvalue weighted by atomic mass is 10.0. The van der Waals surface area contributed by atoms with Crippen molar-refractivity contribution in [2.24, 2.45) is 0 Å². The summed E-state index contributed by atoms with van der Waals surface area (Å²) in [6, 6.07) is 13.4. The van der Waals surface area contributed by atoms with Gasteiger partial charge in [-0.25, -0.2) is 0 Å². The summed E-state index contributed by atoms with van der Waals surface area (Å²) in [5, 5.41) is 3.49. The molecule has 1 amide bonds. The molecule has 2 aromatic carbocycles. The van der Waals surface area contributed by atoms with Gasteiger partial charge in [0.1, 0.15) is 6.17 Å². The van der Waals surface area contributed by atoms with Crippen LogP contribution in [0.15, 0.2) is 42.5 Å². The van der Waals surface area contributed by atoms with Crippen LogP contribution in [0.4, 0.5) is 5.69 Å². The molecule has 0 unspecified atom stereocenters. The molecule has 1 aliphatic heterocycles. The number of hydrogen-bond acceptors (Lipinski definition) is 4. The van der Waals surface area contributed by atoms with Gasteiger partial charge in [-0.3, -0.25) is 4.79 Å². The summed E-state index contributed by atoms with van der Waals surface area (Å²) in [7, 11) is 1.62. The molecule has 0 fully saturated rings. The van der Waals surface area contributed by atoms with Gasteiger partial charge in [-0.2, -0.15) is 0 Å². The monoisotopic (exact) mass is 340 g/mol. The Bertz CT molecular complexity index is 760. The van der Waals surface area contributed by atoms with E-state index in [1.165, 1.54) is 0 Å². The molecule has 1 atom stereocenters. The van der Waals surface area contributed by atoms with E-state index in [1.807, 2.05) is 54.3 Å². The van der Waals surface area contributed by atoms with Crippen LogP contribution in [0.5, 0.6) is 11.5 Å². The molecule has 5 nitrogen and oxygen atoms in total. The predicted molar refractivity (Wildman–Crippen MR) is 98.3 cm³/mol. The van der Waals surface area contributed by atoms with Crippen LogP contribution in [-0.2, 0) is 0 Å². The quantitative estimate of drug-likeness (QED) is 0.861. The van der Waals surface area contributed by atoms with E-state index in [4.69, 9.17) is 9.47 Å². The Balaban J connectivity index is 2.02. The van der Waals surface area contributed by atoms with Gasteiger partial charge in [-0.05, 0) is 43.2 Å². The molecule has 0 aliphatic carbocycles. The molecule has 1 heterocycles. The lowest BCUT2D eigenvalue weighted by Crippen LogP contribution is -2.43. The minimum absolute atomic E-state index is 0.0509. The highest BCUT2D eigenvalue weighted by molar-refractivity contribution is 6.01.